The Hall–Kier alpha value is -2.49. The summed E-state index contributed by atoms with van der Waals surface area (Å²) in [6.45, 7) is 2.32. The van der Waals surface area contributed by atoms with Crippen molar-refractivity contribution in [2.45, 2.75) is 19.6 Å². The number of hydrogen-bond donors (Lipinski definition) is 0. The Morgan fingerprint density at radius 1 is 1.05 bits per heavy atom. The van der Waals surface area contributed by atoms with Gasteiger partial charge in [-0.3, -0.25) is 4.79 Å². The highest BCUT2D eigenvalue weighted by Crippen LogP contribution is 2.18. The monoisotopic (exact) mass is 299 g/mol. The summed E-state index contributed by atoms with van der Waals surface area (Å²) in [5.74, 6) is 1.35. The molecule has 0 aliphatic heterocycles. The second-order valence-corrected chi connectivity index (χ2v) is 5.12. The first-order valence-electron chi connectivity index (χ1n) is 7.20. The van der Waals surface area contributed by atoms with Crippen LogP contribution in [0.25, 0.3) is 0 Å². The largest absolute Gasteiger partial charge is 0.497 e. The van der Waals surface area contributed by atoms with Gasteiger partial charge < -0.3 is 14.4 Å². The van der Waals surface area contributed by atoms with Crippen LogP contribution in [-0.4, -0.2) is 31.1 Å². The van der Waals surface area contributed by atoms with E-state index < -0.39 is 6.10 Å². The third-order valence-corrected chi connectivity index (χ3v) is 3.36. The lowest BCUT2D eigenvalue weighted by Gasteiger charge is -2.22. The standard InChI is InChI=1S/C18H21NO3/c1-14(22-17-11-9-16(21-3)10-12-17)18(20)19(2)13-15-7-5-4-6-8-15/h4-12,14H,13H2,1-3H3. The fourth-order valence-corrected chi connectivity index (χ4v) is 2.15. The molecule has 0 bridgehead atoms. The predicted molar refractivity (Wildman–Crippen MR) is 86.0 cm³/mol. The van der Waals surface area contributed by atoms with E-state index in [1.54, 1.807) is 50.2 Å². The van der Waals surface area contributed by atoms with E-state index >= 15 is 0 Å². The number of ether oxygens (including phenoxy) is 2. The summed E-state index contributed by atoms with van der Waals surface area (Å²) in [7, 11) is 3.39. The van der Waals surface area contributed by atoms with Crippen molar-refractivity contribution >= 4 is 5.91 Å². The van der Waals surface area contributed by atoms with Gasteiger partial charge in [-0.2, -0.15) is 0 Å². The van der Waals surface area contributed by atoms with Crippen LogP contribution in [0.5, 0.6) is 11.5 Å². The quantitative estimate of drug-likeness (QED) is 0.822. The number of rotatable bonds is 6. The molecule has 4 nitrogen and oxygen atoms in total. The average Bonchev–Trinajstić information content (AvgIpc) is 2.55. The van der Waals surface area contributed by atoms with Gasteiger partial charge >= 0.3 is 0 Å². The lowest BCUT2D eigenvalue weighted by Crippen LogP contribution is -2.37. The van der Waals surface area contributed by atoms with Crippen LogP contribution in [0.3, 0.4) is 0 Å². The minimum Gasteiger partial charge on any atom is -0.497 e. The van der Waals surface area contributed by atoms with Crippen LogP contribution in [0.1, 0.15) is 12.5 Å². The van der Waals surface area contributed by atoms with E-state index in [4.69, 9.17) is 9.47 Å². The number of carbonyl (C=O) groups excluding carboxylic acids is 1. The predicted octanol–water partition coefficient (Wildman–Crippen LogP) is 3.12. The molecular weight excluding hydrogens is 278 g/mol. The van der Waals surface area contributed by atoms with Crippen molar-refractivity contribution in [2.24, 2.45) is 0 Å². The third kappa shape index (κ3) is 4.25. The first kappa shape index (κ1) is 15.9. The minimum atomic E-state index is -0.540. The highest BCUT2D eigenvalue weighted by molar-refractivity contribution is 5.80. The molecule has 22 heavy (non-hydrogen) atoms. The molecule has 0 aromatic heterocycles. The molecule has 0 saturated heterocycles. The Morgan fingerprint density at radius 2 is 1.64 bits per heavy atom. The number of carbonyl (C=O) groups is 1. The van der Waals surface area contributed by atoms with Crippen LogP contribution in [0, 0.1) is 0 Å². The lowest BCUT2D eigenvalue weighted by molar-refractivity contribution is -0.137. The Labute approximate surface area is 131 Å². The molecule has 0 heterocycles. The van der Waals surface area contributed by atoms with E-state index in [0.29, 0.717) is 12.3 Å². The van der Waals surface area contributed by atoms with Crippen molar-refractivity contribution < 1.29 is 14.3 Å². The van der Waals surface area contributed by atoms with Gasteiger partial charge in [-0.1, -0.05) is 30.3 Å². The van der Waals surface area contributed by atoms with Crippen LogP contribution < -0.4 is 9.47 Å². The van der Waals surface area contributed by atoms with Crippen molar-refractivity contribution in [1.82, 2.24) is 4.90 Å². The number of methoxy groups -OCH3 is 1. The molecule has 0 spiro atoms. The molecule has 4 heteroatoms. The number of hydrogen-bond acceptors (Lipinski definition) is 3. The smallest absolute Gasteiger partial charge is 0.263 e. The normalized spacial score (nSPS) is 11.6. The zero-order chi connectivity index (χ0) is 15.9. The third-order valence-electron chi connectivity index (χ3n) is 3.36. The van der Waals surface area contributed by atoms with Crippen LogP contribution in [0.15, 0.2) is 54.6 Å². The van der Waals surface area contributed by atoms with Gasteiger partial charge in [0.15, 0.2) is 6.10 Å². The van der Waals surface area contributed by atoms with Crippen LogP contribution in [-0.2, 0) is 11.3 Å². The fraction of sp³-hybridized carbons (Fsp3) is 0.278. The number of benzene rings is 2. The van der Waals surface area contributed by atoms with Crippen molar-refractivity contribution in [3.63, 3.8) is 0 Å². The van der Waals surface area contributed by atoms with E-state index in [9.17, 15) is 4.79 Å². The van der Waals surface area contributed by atoms with Crippen LogP contribution in [0.2, 0.25) is 0 Å². The van der Waals surface area contributed by atoms with E-state index in [1.165, 1.54) is 0 Å². The second kappa shape index (κ2) is 7.50. The molecule has 0 fully saturated rings. The van der Waals surface area contributed by atoms with Crippen molar-refractivity contribution in [2.75, 3.05) is 14.2 Å². The van der Waals surface area contributed by atoms with Gasteiger partial charge in [-0.15, -0.1) is 0 Å². The summed E-state index contributed by atoms with van der Waals surface area (Å²) in [6, 6.07) is 17.1. The highest BCUT2D eigenvalue weighted by Gasteiger charge is 2.19. The maximum Gasteiger partial charge on any atom is 0.263 e. The van der Waals surface area contributed by atoms with Gasteiger partial charge in [0.25, 0.3) is 5.91 Å². The van der Waals surface area contributed by atoms with E-state index in [-0.39, 0.29) is 5.91 Å². The van der Waals surface area contributed by atoms with Gasteiger partial charge in [0.2, 0.25) is 0 Å². The molecule has 2 aromatic rings. The molecule has 0 saturated carbocycles. The maximum absolute atomic E-state index is 12.4. The van der Waals surface area contributed by atoms with Crippen LogP contribution in [0.4, 0.5) is 0 Å². The van der Waals surface area contributed by atoms with Crippen molar-refractivity contribution in [3.8, 4) is 11.5 Å². The second-order valence-electron chi connectivity index (χ2n) is 5.12. The Kier molecular flexibility index (Phi) is 5.42. The molecule has 1 unspecified atom stereocenters. The fourth-order valence-electron chi connectivity index (χ4n) is 2.15. The van der Waals surface area contributed by atoms with E-state index in [1.807, 2.05) is 30.3 Å². The Bertz CT molecular complexity index is 595. The molecule has 0 aliphatic rings. The van der Waals surface area contributed by atoms with Crippen molar-refractivity contribution in [3.05, 3.63) is 60.2 Å². The van der Waals surface area contributed by atoms with Crippen LogP contribution >= 0.6 is 0 Å². The molecule has 0 N–H and O–H groups in total. The summed E-state index contributed by atoms with van der Waals surface area (Å²) < 4.78 is 10.8. The summed E-state index contributed by atoms with van der Waals surface area (Å²) in [6.07, 6.45) is -0.540. The molecular formula is C18H21NO3. The number of likely N-dealkylation sites (N-methyl/N-ethyl adjacent to an activating group) is 1. The topological polar surface area (TPSA) is 38.8 Å². The summed E-state index contributed by atoms with van der Waals surface area (Å²) in [5.41, 5.74) is 1.09. The molecule has 1 amide bonds. The van der Waals surface area contributed by atoms with Gasteiger partial charge in [0.05, 0.1) is 7.11 Å². The first-order chi connectivity index (χ1) is 10.6. The Morgan fingerprint density at radius 3 is 2.23 bits per heavy atom. The SMILES string of the molecule is COc1ccc(OC(C)C(=O)N(C)Cc2ccccc2)cc1. The van der Waals surface area contributed by atoms with Gasteiger partial charge in [0, 0.05) is 13.6 Å². The first-order valence-corrected chi connectivity index (χ1v) is 7.20. The molecule has 0 aliphatic carbocycles. The minimum absolute atomic E-state index is 0.0559. The zero-order valence-corrected chi connectivity index (χ0v) is 13.2. The number of amides is 1. The molecule has 0 radical (unpaired) electrons. The summed E-state index contributed by atoms with van der Waals surface area (Å²) in [5, 5.41) is 0. The maximum atomic E-state index is 12.4. The summed E-state index contributed by atoms with van der Waals surface area (Å²) >= 11 is 0. The molecule has 116 valence electrons. The zero-order valence-electron chi connectivity index (χ0n) is 13.2. The lowest BCUT2D eigenvalue weighted by atomic mass is 10.2. The highest BCUT2D eigenvalue weighted by atomic mass is 16.5. The molecule has 2 aromatic carbocycles. The Balaban J connectivity index is 1.93. The summed E-state index contributed by atoms with van der Waals surface area (Å²) in [4.78, 5) is 14.0. The van der Waals surface area contributed by atoms with E-state index in [2.05, 4.69) is 0 Å². The van der Waals surface area contributed by atoms with Gasteiger partial charge in [0.1, 0.15) is 11.5 Å². The van der Waals surface area contributed by atoms with E-state index in [0.717, 1.165) is 11.3 Å². The van der Waals surface area contributed by atoms with Crippen molar-refractivity contribution in [1.29, 1.82) is 0 Å². The molecule has 1 atom stereocenters. The van der Waals surface area contributed by atoms with Gasteiger partial charge in [-0.05, 0) is 36.8 Å². The molecule has 2 rings (SSSR count). The average molecular weight is 299 g/mol. The number of nitrogens with zero attached hydrogens (tertiary/aromatic N) is 1. The van der Waals surface area contributed by atoms with Gasteiger partial charge in [-0.25, -0.2) is 0 Å².